The molecule has 96 valence electrons. The van der Waals surface area contributed by atoms with Crippen LogP contribution in [0.1, 0.15) is 18.4 Å². The van der Waals surface area contributed by atoms with Crippen molar-refractivity contribution in [1.82, 2.24) is 9.13 Å². The predicted octanol–water partition coefficient (Wildman–Crippen LogP) is 1.50. The van der Waals surface area contributed by atoms with Crippen LogP contribution in [0, 0.1) is 0 Å². The maximum atomic E-state index is 11.8. The lowest BCUT2D eigenvalue weighted by Gasteiger charge is -2.09. The number of nitrogens with zero attached hydrogens (tertiary/aromatic N) is 3. The SMILES string of the molecule is Cn1ccn(-c2ccc(C3(N=C=O)CC3)cc2)c1=O. The Morgan fingerprint density at radius 1 is 1.21 bits per heavy atom. The standard InChI is InChI=1S/C14H13N3O2/c1-16-8-9-17(13(16)19)12-4-2-11(3-5-12)14(6-7-14)15-10-18/h2-5,8-9H,6-7H2,1H3. The summed E-state index contributed by atoms with van der Waals surface area (Å²) in [5, 5.41) is 0. The van der Waals surface area contributed by atoms with Gasteiger partial charge in [0.15, 0.2) is 0 Å². The Kier molecular flexibility index (Phi) is 2.50. The second-order valence-electron chi connectivity index (χ2n) is 4.84. The molecule has 0 bridgehead atoms. The molecule has 0 aliphatic heterocycles. The number of imidazole rings is 1. The van der Waals surface area contributed by atoms with Crippen LogP contribution in [0.15, 0.2) is 46.4 Å². The van der Waals surface area contributed by atoms with E-state index in [2.05, 4.69) is 4.99 Å². The average Bonchev–Trinajstić information content (AvgIpc) is 3.13. The fourth-order valence-electron chi connectivity index (χ4n) is 2.26. The van der Waals surface area contributed by atoms with Gasteiger partial charge < -0.3 is 4.57 Å². The number of hydrogen-bond acceptors (Lipinski definition) is 3. The third-order valence-electron chi connectivity index (χ3n) is 3.61. The van der Waals surface area contributed by atoms with Gasteiger partial charge in [0.2, 0.25) is 6.08 Å². The number of aromatic nitrogens is 2. The van der Waals surface area contributed by atoms with Crippen LogP contribution >= 0.6 is 0 Å². The highest BCUT2D eigenvalue weighted by Gasteiger charge is 2.44. The molecule has 3 rings (SSSR count). The van der Waals surface area contributed by atoms with E-state index in [4.69, 9.17) is 0 Å². The van der Waals surface area contributed by atoms with Gasteiger partial charge in [-0.05, 0) is 30.5 Å². The molecule has 1 aromatic carbocycles. The van der Waals surface area contributed by atoms with Crippen molar-refractivity contribution in [2.75, 3.05) is 0 Å². The van der Waals surface area contributed by atoms with Crippen LogP contribution < -0.4 is 5.69 Å². The number of rotatable bonds is 3. The molecule has 1 aliphatic rings. The lowest BCUT2D eigenvalue weighted by molar-refractivity contribution is 0.556. The maximum absolute atomic E-state index is 11.8. The Morgan fingerprint density at radius 2 is 1.89 bits per heavy atom. The first-order valence-corrected chi connectivity index (χ1v) is 6.10. The molecule has 0 saturated heterocycles. The number of carbonyl (C=O) groups excluding carboxylic acids is 1. The molecule has 0 amide bonds. The third-order valence-corrected chi connectivity index (χ3v) is 3.61. The van der Waals surface area contributed by atoms with E-state index < -0.39 is 0 Å². The van der Waals surface area contributed by atoms with Crippen LogP contribution in [0.25, 0.3) is 5.69 Å². The summed E-state index contributed by atoms with van der Waals surface area (Å²) in [5.41, 5.74) is 1.37. The van der Waals surface area contributed by atoms with Gasteiger partial charge in [-0.15, -0.1) is 0 Å². The molecule has 1 aliphatic carbocycles. The molecule has 0 unspecified atom stereocenters. The van der Waals surface area contributed by atoms with Gasteiger partial charge in [0, 0.05) is 19.4 Å². The fourth-order valence-corrected chi connectivity index (χ4v) is 2.26. The first-order chi connectivity index (χ1) is 9.16. The van der Waals surface area contributed by atoms with Gasteiger partial charge in [0.25, 0.3) is 0 Å². The van der Waals surface area contributed by atoms with Crippen molar-refractivity contribution in [3.8, 4) is 5.69 Å². The molecule has 1 fully saturated rings. The van der Waals surface area contributed by atoms with Gasteiger partial charge in [-0.2, -0.15) is 4.99 Å². The molecular weight excluding hydrogens is 242 g/mol. The maximum Gasteiger partial charge on any atom is 0.332 e. The van der Waals surface area contributed by atoms with Crippen LogP contribution in [-0.2, 0) is 17.4 Å². The van der Waals surface area contributed by atoms with Gasteiger partial charge in [0.05, 0.1) is 11.2 Å². The number of benzene rings is 1. The van der Waals surface area contributed by atoms with E-state index in [1.165, 1.54) is 4.57 Å². The average molecular weight is 255 g/mol. The molecule has 1 saturated carbocycles. The first-order valence-electron chi connectivity index (χ1n) is 6.10. The Bertz CT molecular complexity index is 714. The molecule has 1 heterocycles. The largest absolute Gasteiger partial charge is 0.332 e. The van der Waals surface area contributed by atoms with Crippen molar-refractivity contribution in [1.29, 1.82) is 0 Å². The van der Waals surface area contributed by atoms with Crippen LogP contribution in [-0.4, -0.2) is 15.2 Å². The highest BCUT2D eigenvalue weighted by Crippen LogP contribution is 2.49. The normalized spacial score (nSPS) is 15.8. The Labute approximate surface area is 109 Å². The molecule has 1 aromatic heterocycles. The Morgan fingerprint density at radius 3 is 2.37 bits per heavy atom. The molecule has 0 radical (unpaired) electrons. The minimum atomic E-state index is -0.359. The van der Waals surface area contributed by atoms with Crippen molar-refractivity contribution >= 4 is 6.08 Å². The van der Waals surface area contributed by atoms with E-state index in [9.17, 15) is 9.59 Å². The number of aryl methyl sites for hydroxylation is 1. The molecule has 0 N–H and O–H groups in total. The number of aliphatic imine (C=N–C) groups is 1. The van der Waals surface area contributed by atoms with Gasteiger partial charge >= 0.3 is 5.69 Å². The lowest BCUT2D eigenvalue weighted by atomic mass is 10.1. The number of isocyanates is 1. The highest BCUT2D eigenvalue weighted by molar-refractivity contribution is 5.44. The van der Waals surface area contributed by atoms with Crippen LogP contribution in [0.5, 0.6) is 0 Å². The van der Waals surface area contributed by atoms with Crippen molar-refractivity contribution in [2.45, 2.75) is 18.4 Å². The zero-order valence-electron chi connectivity index (χ0n) is 10.5. The smallest absolute Gasteiger partial charge is 0.302 e. The highest BCUT2D eigenvalue weighted by atomic mass is 16.1. The van der Waals surface area contributed by atoms with Crippen molar-refractivity contribution in [3.63, 3.8) is 0 Å². The van der Waals surface area contributed by atoms with E-state index in [0.717, 1.165) is 24.1 Å². The number of hydrogen-bond donors (Lipinski definition) is 0. The molecule has 0 atom stereocenters. The van der Waals surface area contributed by atoms with Crippen molar-refractivity contribution in [3.05, 3.63) is 52.7 Å². The quantitative estimate of drug-likeness (QED) is 0.616. The minimum absolute atomic E-state index is 0.0835. The van der Waals surface area contributed by atoms with Crippen LogP contribution in [0.2, 0.25) is 0 Å². The molecule has 5 heteroatoms. The van der Waals surface area contributed by atoms with Gasteiger partial charge in [-0.25, -0.2) is 9.59 Å². The molecule has 19 heavy (non-hydrogen) atoms. The zero-order valence-corrected chi connectivity index (χ0v) is 10.5. The van der Waals surface area contributed by atoms with E-state index >= 15 is 0 Å². The van der Waals surface area contributed by atoms with Crippen LogP contribution in [0.4, 0.5) is 0 Å². The van der Waals surface area contributed by atoms with Crippen LogP contribution in [0.3, 0.4) is 0 Å². The van der Waals surface area contributed by atoms with Gasteiger partial charge in [-0.3, -0.25) is 4.57 Å². The first kappa shape index (κ1) is 11.7. The second kappa shape index (κ2) is 4.07. The molecular formula is C14H13N3O2. The fraction of sp³-hybridized carbons (Fsp3) is 0.286. The summed E-state index contributed by atoms with van der Waals surface area (Å²) in [6, 6.07) is 7.58. The summed E-state index contributed by atoms with van der Waals surface area (Å²) >= 11 is 0. The topological polar surface area (TPSA) is 56.4 Å². The van der Waals surface area contributed by atoms with Gasteiger partial charge in [0.1, 0.15) is 0 Å². The summed E-state index contributed by atoms with van der Waals surface area (Å²) in [6.07, 6.45) is 6.86. The van der Waals surface area contributed by atoms with E-state index in [0.29, 0.717) is 0 Å². The Hall–Kier alpha value is -2.39. The minimum Gasteiger partial charge on any atom is -0.302 e. The van der Waals surface area contributed by atoms with Crippen molar-refractivity contribution < 1.29 is 4.79 Å². The molecule has 0 spiro atoms. The molecule has 2 aromatic rings. The monoisotopic (exact) mass is 255 g/mol. The van der Waals surface area contributed by atoms with Gasteiger partial charge in [-0.1, -0.05) is 12.1 Å². The summed E-state index contributed by atoms with van der Waals surface area (Å²) in [4.78, 5) is 26.1. The van der Waals surface area contributed by atoms with Crippen molar-refractivity contribution in [2.24, 2.45) is 12.0 Å². The zero-order chi connectivity index (χ0) is 13.5. The summed E-state index contributed by atoms with van der Waals surface area (Å²) in [6.45, 7) is 0. The third kappa shape index (κ3) is 1.84. The predicted molar refractivity (Wildman–Crippen MR) is 70.0 cm³/mol. The lowest BCUT2D eigenvalue weighted by Crippen LogP contribution is -2.20. The van der Waals surface area contributed by atoms with E-state index in [1.54, 1.807) is 30.1 Å². The second-order valence-corrected chi connectivity index (χ2v) is 4.84. The summed E-state index contributed by atoms with van der Waals surface area (Å²) < 4.78 is 3.10. The Balaban J connectivity index is 1.98. The molecule has 5 nitrogen and oxygen atoms in total. The van der Waals surface area contributed by atoms with E-state index in [1.807, 2.05) is 24.3 Å². The van der Waals surface area contributed by atoms with E-state index in [-0.39, 0.29) is 11.2 Å². The summed E-state index contributed by atoms with van der Waals surface area (Å²) in [5.74, 6) is 0. The summed E-state index contributed by atoms with van der Waals surface area (Å²) in [7, 11) is 1.71.